The molecule has 0 radical (unpaired) electrons. The van der Waals surface area contributed by atoms with Crippen molar-refractivity contribution in [3.63, 3.8) is 0 Å². The number of rotatable bonds is 5. The molecule has 8 nitrogen and oxygen atoms in total. The molecule has 2 aromatic rings. The summed E-state index contributed by atoms with van der Waals surface area (Å²) in [6.07, 6.45) is 0.143. The maximum Gasteiger partial charge on any atom is 0.290 e. The molecule has 0 spiro atoms. The minimum absolute atomic E-state index is 0.126. The van der Waals surface area contributed by atoms with E-state index in [9.17, 15) is 14.0 Å². The van der Waals surface area contributed by atoms with Gasteiger partial charge < -0.3 is 10.4 Å². The van der Waals surface area contributed by atoms with Gasteiger partial charge in [0.15, 0.2) is 0 Å². The van der Waals surface area contributed by atoms with Gasteiger partial charge in [-0.2, -0.15) is 0 Å². The van der Waals surface area contributed by atoms with Gasteiger partial charge in [-0.1, -0.05) is 31.3 Å². The van der Waals surface area contributed by atoms with Crippen LogP contribution in [0.3, 0.4) is 0 Å². The highest BCUT2D eigenvalue weighted by atomic mass is 32.1. The van der Waals surface area contributed by atoms with Gasteiger partial charge in [-0.05, 0) is 30.2 Å². The summed E-state index contributed by atoms with van der Waals surface area (Å²) < 4.78 is 13.3. The Kier molecular flexibility index (Phi) is 7.77. The average molecular weight is 422 g/mol. The zero-order valence-electron chi connectivity index (χ0n) is 16.4. The molecule has 1 aromatic carbocycles. The summed E-state index contributed by atoms with van der Waals surface area (Å²) in [5, 5.41) is 19.3. The number of hydrogen-bond donors (Lipinski definition) is 2. The Hall–Kier alpha value is -2.88. The lowest BCUT2D eigenvalue weighted by molar-refractivity contribution is -0.126. The quantitative estimate of drug-likeness (QED) is 0.716. The number of hydrogen-bond acceptors (Lipinski definition) is 6. The molecule has 0 bridgehead atoms. The molecule has 1 aliphatic rings. The van der Waals surface area contributed by atoms with Crippen LogP contribution < -0.4 is 10.2 Å². The maximum atomic E-state index is 13.3. The standard InChI is InChI=1S/C18H21FN4O2S.CH2O2/c1-10(2)17-21-22-18(26-17)23-9-13(7-15(23)24)16(25)20-8-12-6-14(19)5-4-11(12)3;2-1-3/h4-6,10,13H,7-9H2,1-3H3,(H,20,25);1H,(H,2,3). The molecule has 0 saturated carbocycles. The molecule has 2 amide bonds. The van der Waals surface area contributed by atoms with Crippen LogP contribution in [0.5, 0.6) is 0 Å². The Morgan fingerprint density at radius 2 is 2.14 bits per heavy atom. The predicted molar refractivity (Wildman–Crippen MR) is 106 cm³/mol. The first kappa shape index (κ1) is 22.4. The molecule has 0 aliphatic carbocycles. The topological polar surface area (TPSA) is 112 Å². The van der Waals surface area contributed by atoms with E-state index in [2.05, 4.69) is 15.5 Å². The second kappa shape index (κ2) is 10.1. The van der Waals surface area contributed by atoms with Crippen LogP contribution in [0.25, 0.3) is 0 Å². The van der Waals surface area contributed by atoms with E-state index in [-0.39, 0.29) is 43.0 Å². The number of nitrogens with one attached hydrogen (secondary N) is 1. The second-order valence-electron chi connectivity index (χ2n) is 6.88. The first-order valence-corrected chi connectivity index (χ1v) is 9.82. The fourth-order valence-electron chi connectivity index (χ4n) is 2.79. The smallest absolute Gasteiger partial charge is 0.290 e. The second-order valence-corrected chi connectivity index (χ2v) is 7.86. The summed E-state index contributed by atoms with van der Waals surface area (Å²) in [7, 11) is 0. The third-order valence-corrected chi connectivity index (χ3v) is 5.66. The van der Waals surface area contributed by atoms with E-state index in [1.807, 2.05) is 20.8 Å². The average Bonchev–Trinajstić information content (AvgIpc) is 3.29. The zero-order valence-corrected chi connectivity index (χ0v) is 17.2. The normalized spacial score (nSPS) is 15.8. The van der Waals surface area contributed by atoms with Crippen LogP contribution >= 0.6 is 11.3 Å². The molecular weight excluding hydrogens is 399 g/mol. The molecule has 3 rings (SSSR count). The third kappa shape index (κ3) is 5.80. The van der Waals surface area contributed by atoms with Gasteiger partial charge in [-0.15, -0.1) is 10.2 Å². The van der Waals surface area contributed by atoms with Gasteiger partial charge >= 0.3 is 0 Å². The van der Waals surface area contributed by atoms with E-state index in [1.54, 1.807) is 6.07 Å². The zero-order chi connectivity index (χ0) is 21.6. The lowest BCUT2D eigenvalue weighted by atomic mass is 10.1. The summed E-state index contributed by atoms with van der Waals surface area (Å²) in [5.74, 6) is -0.869. The van der Waals surface area contributed by atoms with Crippen molar-refractivity contribution in [1.29, 1.82) is 0 Å². The summed E-state index contributed by atoms with van der Waals surface area (Å²) in [6, 6.07) is 4.48. The van der Waals surface area contributed by atoms with E-state index in [0.29, 0.717) is 11.7 Å². The summed E-state index contributed by atoms with van der Waals surface area (Å²) >= 11 is 1.38. The molecule has 1 aromatic heterocycles. The van der Waals surface area contributed by atoms with E-state index >= 15 is 0 Å². The van der Waals surface area contributed by atoms with Gasteiger partial charge in [0.1, 0.15) is 10.8 Å². The molecule has 156 valence electrons. The summed E-state index contributed by atoms with van der Waals surface area (Å²) in [4.78, 5) is 34.6. The predicted octanol–water partition coefficient (Wildman–Crippen LogP) is 2.48. The number of aromatic nitrogens is 2. The number of carbonyl (C=O) groups excluding carboxylic acids is 2. The Morgan fingerprint density at radius 1 is 1.45 bits per heavy atom. The van der Waals surface area contributed by atoms with Crippen molar-refractivity contribution in [3.8, 4) is 0 Å². The monoisotopic (exact) mass is 422 g/mol. The number of halogens is 1. The first-order chi connectivity index (χ1) is 13.8. The molecule has 1 unspecified atom stereocenters. The van der Waals surface area contributed by atoms with E-state index in [4.69, 9.17) is 9.90 Å². The minimum atomic E-state index is -0.442. The highest BCUT2D eigenvalue weighted by molar-refractivity contribution is 7.15. The van der Waals surface area contributed by atoms with Gasteiger partial charge in [-0.3, -0.25) is 19.3 Å². The van der Waals surface area contributed by atoms with Crippen molar-refractivity contribution < 1.29 is 23.9 Å². The van der Waals surface area contributed by atoms with Crippen molar-refractivity contribution in [2.45, 2.75) is 39.7 Å². The Bertz CT molecular complexity index is 887. The van der Waals surface area contributed by atoms with Crippen LogP contribution in [-0.2, 0) is 20.9 Å². The molecule has 1 saturated heterocycles. The first-order valence-electron chi connectivity index (χ1n) is 9.01. The number of carbonyl (C=O) groups is 3. The van der Waals surface area contributed by atoms with Crippen LogP contribution in [0.15, 0.2) is 18.2 Å². The van der Waals surface area contributed by atoms with Crippen LogP contribution in [0.4, 0.5) is 9.52 Å². The number of aryl methyl sites for hydroxylation is 1. The van der Waals surface area contributed by atoms with Crippen molar-refractivity contribution in [2.75, 3.05) is 11.4 Å². The van der Waals surface area contributed by atoms with Crippen LogP contribution in [0.1, 0.15) is 42.3 Å². The largest absolute Gasteiger partial charge is 0.483 e. The molecule has 1 aliphatic heterocycles. The molecule has 29 heavy (non-hydrogen) atoms. The number of benzene rings is 1. The molecule has 2 N–H and O–H groups in total. The highest BCUT2D eigenvalue weighted by Gasteiger charge is 2.36. The highest BCUT2D eigenvalue weighted by Crippen LogP contribution is 2.30. The molecular formula is C19H23FN4O4S. The van der Waals surface area contributed by atoms with Gasteiger partial charge in [0, 0.05) is 25.4 Å². The number of nitrogens with zero attached hydrogens (tertiary/aromatic N) is 3. The van der Waals surface area contributed by atoms with Crippen LogP contribution in [-0.4, -0.2) is 40.1 Å². The molecule has 10 heteroatoms. The lowest BCUT2D eigenvalue weighted by Gasteiger charge is -2.13. The van der Waals surface area contributed by atoms with Crippen LogP contribution in [0.2, 0.25) is 0 Å². The van der Waals surface area contributed by atoms with Crippen LogP contribution in [0, 0.1) is 18.7 Å². The van der Waals surface area contributed by atoms with E-state index < -0.39 is 5.92 Å². The Morgan fingerprint density at radius 3 is 2.76 bits per heavy atom. The molecule has 1 fully saturated rings. The summed E-state index contributed by atoms with van der Waals surface area (Å²) in [6.45, 7) is 6.17. The van der Waals surface area contributed by atoms with Gasteiger partial charge in [-0.25, -0.2) is 4.39 Å². The maximum absolute atomic E-state index is 13.3. The number of carboxylic acid groups (broad SMARTS) is 1. The van der Waals surface area contributed by atoms with Crippen molar-refractivity contribution >= 4 is 34.8 Å². The molecule has 1 atom stereocenters. The van der Waals surface area contributed by atoms with E-state index in [0.717, 1.165) is 16.1 Å². The number of amides is 2. The van der Waals surface area contributed by atoms with Gasteiger partial charge in [0.2, 0.25) is 16.9 Å². The van der Waals surface area contributed by atoms with Gasteiger partial charge in [0.25, 0.3) is 6.47 Å². The lowest BCUT2D eigenvalue weighted by Crippen LogP contribution is -2.32. The minimum Gasteiger partial charge on any atom is -0.483 e. The Balaban J connectivity index is 0.000000941. The van der Waals surface area contributed by atoms with E-state index in [1.165, 1.54) is 28.4 Å². The van der Waals surface area contributed by atoms with Gasteiger partial charge in [0.05, 0.1) is 5.92 Å². The van der Waals surface area contributed by atoms with Crippen molar-refractivity contribution in [2.24, 2.45) is 5.92 Å². The fraction of sp³-hybridized carbons (Fsp3) is 0.421. The molecule has 2 heterocycles. The summed E-state index contributed by atoms with van der Waals surface area (Å²) in [5.41, 5.74) is 1.64. The Labute approximate surface area is 171 Å². The van der Waals surface area contributed by atoms with Crippen molar-refractivity contribution in [3.05, 3.63) is 40.2 Å². The van der Waals surface area contributed by atoms with Crippen molar-refractivity contribution in [1.82, 2.24) is 15.5 Å². The fourth-order valence-corrected chi connectivity index (χ4v) is 3.67. The SMILES string of the molecule is Cc1ccc(F)cc1CNC(=O)C1CC(=O)N(c2nnc(C(C)C)s2)C1.O=CO. The number of anilines is 1. The third-order valence-electron chi connectivity index (χ3n) is 4.41.